The van der Waals surface area contributed by atoms with E-state index in [4.69, 9.17) is 20.9 Å². The number of ketones is 2. The standard InChI is InChI=1S/C20H29N3O6.C17H26N4O5.C15H21N3O4/c1-14(24)13-15(7-5-6-12-21-19(26)29-20(2,3)4)18(25)22-16-8-10-17(11-9-16)23(27)28;1-17(2,3)26-16(23)19-11-5-4-6-14(18)15(22)20-12-7-9-13(10-8-12)21(24)25;1-11(19)10-12(4-2-3-9-16)15(20)17-13-5-7-14(8-6-13)18(21)22/h8-11,15H,5-7,12-13H2,1-4H3,(H,21,26)(H,22,25);7-10,14H,4-6,11,18H2,1-3H3,(H,19,23)(H,20,22);5-8,12H,2-4,9-10,16H2,1H3,(H,17,20)/t15-;14-;12-/m101/s1. The van der Waals surface area contributed by atoms with E-state index in [9.17, 15) is 63.9 Å². The molecule has 0 spiro atoms. The number of hydrogen-bond donors (Lipinski definition) is 7. The van der Waals surface area contributed by atoms with Gasteiger partial charge < -0.3 is 57.1 Å². The molecular formula is C52H76N10O15. The fourth-order valence-electron chi connectivity index (χ4n) is 6.75. The van der Waals surface area contributed by atoms with Crippen LogP contribution in [0.5, 0.6) is 0 Å². The van der Waals surface area contributed by atoms with Crippen LogP contribution in [0.4, 0.5) is 43.7 Å². The van der Waals surface area contributed by atoms with Crippen molar-refractivity contribution in [3.05, 3.63) is 103 Å². The molecule has 25 heteroatoms. The maximum Gasteiger partial charge on any atom is 0.407 e. The molecule has 0 aromatic heterocycles. The Bertz CT molecular complexity index is 2410. The van der Waals surface area contributed by atoms with E-state index in [1.807, 2.05) is 0 Å². The van der Waals surface area contributed by atoms with Crippen molar-refractivity contribution in [2.24, 2.45) is 23.3 Å². The summed E-state index contributed by atoms with van der Waals surface area (Å²) < 4.78 is 10.3. The first kappa shape index (κ1) is 67.1. The summed E-state index contributed by atoms with van der Waals surface area (Å²) in [5.41, 5.74) is 11.4. The second-order valence-electron chi connectivity index (χ2n) is 19.8. The van der Waals surface area contributed by atoms with Gasteiger partial charge in [0.05, 0.1) is 20.8 Å². The number of carbonyl (C=O) groups excluding carboxylic acids is 7. The van der Waals surface area contributed by atoms with Crippen LogP contribution in [0.15, 0.2) is 72.8 Å². The summed E-state index contributed by atoms with van der Waals surface area (Å²) in [6.07, 6.45) is 5.04. The number of nitrogens with two attached hydrogens (primary N) is 2. The Hall–Kier alpha value is -7.93. The minimum atomic E-state index is -0.702. The maximum atomic E-state index is 12.5. The lowest BCUT2D eigenvalue weighted by molar-refractivity contribution is -0.385. The molecule has 0 saturated carbocycles. The molecule has 77 heavy (non-hydrogen) atoms. The average Bonchev–Trinajstić information content (AvgIpc) is 3.32. The zero-order valence-corrected chi connectivity index (χ0v) is 45.2. The van der Waals surface area contributed by atoms with Crippen LogP contribution in [-0.2, 0) is 33.4 Å². The van der Waals surface area contributed by atoms with Crippen molar-refractivity contribution in [1.82, 2.24) is 10.6 Å². The number of non-ortho nitro benzene ring substituents is 3. The molecule has 0 bridgehead atoms. The van der Waals surface area contributed by atoms with Crippen molar-refractivity contribution >= 4 is 75.6 Å². The third-order valence-corrected chi connectivity index (χ3v) is 10.4. The number of unbranched alkanes of at least 4 members (excludes halogenated alkanes) is 3. The van der Waals surface area contributed by atoms with Crippen molar-refractivity contribution in [2.45, 2.75) is 143 Å². The first-order valence-electron chi connectivity index (χ1n) is 25.0. The molecule has 0 aliphatic heterocycles. The van der Waals surface area contributed by atoms with Gasteiger partial charge in [-0.25, -0.2) is 9.59 Å². The predicted octanol–water partition coefficient (Wildman–Crippen LogP) is 8.64. The summed E-state index contributed by atoms with van der Waals surface area (Å²) in [4.78, 5) is 113. The number of nitro benzene ring substituents is 3. The monoisotopic (exact) mass is 1080 g/mol. The lowest BCUT2D eigenvalue weighted by atomic mass is 9.95. The van der Waals surface area contributed by atoms with Gasteiger partial charge in [-0.3, -0.25) is 44.7 Å². The number of nitrogens with zero attached hydrogens (tertiary/aromatic N) is 3. The van der Waals surface area contributed by atoms with Crippen LogP contribution >= 0.6 is 0 Å². The maximum absolute atomic E-state index is 12.5. The Morgan fingerprint density at radius 3 is 1.08 bits per heavy atom. The van der Waals surface area contributed by atoms with E-state index in [0.29, 0.717) is 81.6 Å². The van der Waals surface area contributed by atoms with Gasteiger partial charge in [0.15, 0.2) is 0 Å². The second kappa shape index (κ2) is 34.6. The number of amides is 5. The molecule has 9 N–H and O–H groups in total. The lowest BCUT2D eigenvalue weighted by Crippen LogP contribution is -2.36. The zero-order valence-electron chi connectivity index (χ0n) is 45.2. The van der Waals surface area contributed by atoms with Crippen LogP contribution in [0.25, 0.3) is 0 Å². The van der Waals surface area contributed by atoms with E-state index in [2.05, 4.69) is 26.6 Å². The van der Waals surface area contributed by atoms with Crippen LogP contribution < -0.4 is 38.1 Å². The molecule has 25 nitrogen and oxygen atoms in total. The van der Waals surface area contributed by atoms with Gasteiger partial charge >= 0.3 is 12.2 Å². The van der Waals surface area contributed by atoms with Crippen LogP contribution in [-0.4, -0.2) is 93.1 Å². The molecule has 424 valence electrons. The molecule has 0 aliphatic carbocycles. The molecule has 0 unspecified atom stereocenters. The molecule has 0 saturated heterocycles. The summed E-state index contributed by atoms with van der Waals surface area (Å²) in [5.74, 6) is -1.98. The van der Waals surface area contributed by atoms with E-state index in [1.165, 1.54) is 86.6 Å². The van der Waals surface area contributed by atoms with Crippen molar-refractivity contribution in [3.8, 4) is 0 Å². The fourth-order valence-corrected chi connectivity index (χ4v) is 6.75. The van der Waals surface area contributed by atoms with E-state index in [-0.39, 0.29) is 59.2 Å². The first-order chi connectivity index (χ1) is 36.0. The van der Waals surface area contributed by atoms with E-state index >= 15 is 0 Å². The number of anilines is 3. The van der Waals surface area contributed by atoms with Gasteiger partial charge in [-0.1, -0.05) is 12.8 Å². The number of carbonyl (C=O) groups is 7. The summed E-state index contributed by atoms with van der Waals surface area (Å²) in [7, 11) is 0. The van der Waals surface area contributed by atoms with Gasteiger partial charge in [-0.05, 0) is 143 Å². The van der Waals surface area contributed by atoms with E-state index in [0.717, 1.165) is 12.8 Å². The highest BCUT2D eigenvalue weighted by Crippen LogP contribution is 2.22. The first-order valence-corrected chi connectivity index (χ1v) is 25.0. The summed E-state index contributed by atoms with van der Waals surface area (Å²) in [6.45, 7) is 15.0. The van der Waals surface area contributed by atoms with Gasteiger partial charge in [-0.2, -0.15) is 0 Å². The number of Topliss-reactive ketones (excluding diaryl/α,β-unsaturated/α-hetero) is 2. The quantitative estimate of drug-likeness (QED) is 0.0213. The summed E-state index contributed by atoms with van der Waals surface area (Å²) in [6, 6.07) is 15.9. The van der Waals surface area contributed by atoms with Gasteiger partial charge in [0, 0.05) is 91.2 Å². The minimum Gasteiger partial charge on any atom is -0.444 e. The van der Waals surface area contributed by atoms with Crippen molar-refractivity contribution in [2.75, 3.05) is 35.6 Å². The Balaban J connectivity index is 0.000000583. The molecule has 0 radical (unpaired) electrons. The number of rotatable bonds is 27. The van der Waals surface area contributed by atoms with Crippen LogP contribution in [0.2, 0.25) is 0 Å². The van der Waals surface area contributed by atoms with E-state index in [1.54, 1.807) is 41.5 Å². The number of hydrogen-bond acceptors (Lipinski definition) is 17. The molecule has 5 amide bonds. The Morgan fingerprint density at radius 2 is 0.792 bits per heavy atom. The Labute approximate surface area is 448 Å². The molecule has 3 aromatic carbocycles. The highest BCUT2D eigenvalue weighted by Gasteiger charge is 2.23. The Kier molecular flexibility index (Phi) is 30.1. The molecule has 0 heterocycles. The summed E-state index contributed by atoms with van der Waals surface area (Å²) in [5, 5.41) is 45.2. The average molecular weight is 1080 g/mol. The molecule has 0 fully saturated rings. The molecule has 3 aromatic rings. The normalized spacial score (nSPS) is 12.0. The minimum absolute atomic E-state index is 0.0405. The van der Waals surface area contributed by atoms with Gasteiger partial charge in [0.1, 0.15) is 22.8 Å². The third kappa shape index (κ3) is 31.5. The molecular weight excluding hydrogens is 1000 g/mol. The highest BCUT2D eigenvalue weighted by molar-refractivity contribution is 5.96. The topological polar surface area (TPSA) is 380 Å². The third-order valence-electron chi connectivity index (χ3n) is 10.4. The molecule has 3 atom stereocenters. The smallest absolute Gasteiger partial charge is 0.407 e. The largest absolute Gasteiger partial charge is 0.444 e. The SMILES string of the molecule is CC(=O)C[C@@H](CCCCN)C(=O)Nc1ccc([N+](=O)[O-])cc1.CC(=O)C[C@@H](CCCCNC(=O)OC(C)(C)C)C(=O)Nc1ccc([N+](=O)[O-])cc1.CC(C)(C)OC(=O)NCCCC[C@H](N)C(=O)Nc1ccc([N+](=O)[O-])cc1. The molecule has 3 rings (SSSR count). The van der Waals surface area contributed by atoms with Crippen LogP contribution in [0.1, 0.15) is 126 Å². The number of nitrogens with one attached hydrogen (secondary N) is 5. The number of benzene rings is 3. The summed E-state index contributed by atoms with van der Waals surface area (Å²) >= 11 is 0. The van der Waals surface area contributed by atoms with Crippen molar-refractivity contribution in [3.63, 3.8) is 0 Å². The van der Waals surface area contributed by atoms with Crippen LogP contribution in [0, 0.1) is 42.2 Å². The number of nitro groups is 3. The van der Waals surface area contributed by atoms with E-state index < -0.39 is 56.0 Å². The number of ether oxygens (including phenoxy) is 2. The number of alkyl carbamates (subject to hydrolysis) is 2. The van der Waals surface area contributed by atoms with Gasteiger partial charge in [0.2, 0.25) is 17.7 Å². The second-order valence-corrected chi connectivity index (χ2v) is 19.8. The Morgan fingerprint density at radius 1 is 0.494 bits per heavy atom. The van der Waals surface area contributed by atoms with Crippen molar-refractivity contribution < 1.29 is 57.8 Å². The lowest BCUT2D eigenvalue weighted by Gasteiger charge is -2.19. The zero-order chi connectivity index (χ0) is 58.3. The van der Waals surface area contributed by atoms with Gasteiger partial charge in [-0.15, -0.1) is 0 Å². The van der Waals surface area contributed by atoms with Crippen molar-refractivity contribution in [1.29, 1.82) is 0 Å². The highest BCUT2D eigenvalue weighted by atomic mass is 16.6. The van der Waals surface area contributed by atoms with Crippen LogP contribution in [0.3, 0.4) is 0 Å². The molecule has 0 aliphatic rings. The van der Waals surface area contributed by atoms with Gasteiger partial charge in [0.25, 0.3) is 17.1 Å². The predicted molar refractivity (Wildman–Crippen MR) is 290 cm³/mol. The fraction of sp³-hybridized carbons (Fsp3) is 0.519.